The van der Waals surface area contributed by atoms with Crippen LogP contribution in [-0.4, -0.2) is 21.4 Å². The molecule has 0 aliphatic heterocycles. The third-order valence-corrected chi connectivity index (χ3v) is 2.31. The number of furan rings is 1. The maximum atomic E-state index is 11.1. The van der Waals surface area contributed by atoms with Crippen LogP contribution in [0.15, 0.2) is 16.5 Å². The lowest BCUT2D eigenvalue weighted by Crippen LogP contribution is -2.12. The van der Waals surface area contributed by atoms with Crippen molar-refractivity contribution in [2.24, 2.45) is 0 Å². The number of hydrogen-bond acceptors (Lipinski definition) is 3. The molecule has 5 nitrogen and oxygen atoms in total. The summed E-state index contributed by atoms with van der Waals surface area (Å²) in [6.07, 6.45) is 0. The fourth-order valence-electron chi connectivity index (χ4n) is 1.74. The maximum absolute atomic E-state index is 11.1. The van der Waals surface area contributed by atoms with Crippen LogP contribution in [0, 0.1) is 6.92 Å². The Morgan fingerprint density at radius 2 is 2.12 bits per heavy atom. The second kappa shape index (κ2) is 3.52. The van der Waals surface area contributed by atoms with E-state index >= 15 is 0 Å². The fraction of sp³-hybridized carbons (Fsp3) is 0.273. The molecule has 16 heavy (non-hydrogen) atoms. The molecule has 2 heterocycles. The summed E-state index contributed by atoms with van der Waals surface area (Å²) in [5, 5.41) is 8.99. The first-order chi connectivity index (χ1) is 7.49. The number of carboxylic acid groups (broad SMARTS) is 1. The van der Waals surface area contributed by atoms with Crippen molar-refractivity contribution >= 4 is 22.9 Å². The van der Waals surface area contributed by atoms with Crippen molar-refractivity contribution in [2.75, 3.05) is 0 Å². The summed E-state index contributed by atoms with van der Waals surface area (Å²) in [5.74, 6) is -0.469. The Bertz CT molecular complexity index is 576. The van der Waals surface area contributed by atoms with Crippen LogP contribution in [0.4, 0.5) is 0 Å². The Morgan fingerprint density at radius 3 is 2.69 bits per heavy atom. The molecule has 2 rings (SSSR count). The summed E-state index contributed by atoms with van der Waals surface area (Å²) < 4.78 is 6.78. The molecule has 2 aromatic heterocycles. The molecule has 84 valence electrons. The molecule has 0 radical (unpaired) electrons. The van der Waals surface area contributed by atoms with E-state index in [1.54, 1.807) is 13.0 Å². The van der Waals surface area contributed by atoms with Crippen molar-refractivity contribution in [3.05, 3.63) is 23.6 Å². The highest BCUT2D eigenvalue weighted by Crippen LogP contribution is 2.23. The van der Waals surface area contributed by atoms with Gasteiger partial charge in [-0.25, -0.2) is 4.79 Å². The number of carboxylic acids is 1. The molecule has 1 N–H and O–H groups in total. The SMILES string of the molecule is CC(=O)Cn1c(C(=O)O)cc2oc(C)cc21. The van der Waals surface area contributed by atoms with Crippen molar-refractivity contribution < 1.29 is 19.1 Å². The lowest BCUT2D eigenvalue weighted by molar-refractivity contribution is -0.117. The molecule has 0 saturated carbocycles. The number of aromatic carboxylic acids is 1. The van der Waals surface area contributed by atoms with Gasteiger partial charge in [-0.2, -0.15) is 0 Å². The first kappa shape index (κ1) is 10.5. The molecular weight excluding hydrogens is 210 g/mol. The molecule has 0 saturated heterocycles. The summed E-state index contributed by atoms with van der Waals surface area (Å²) in [6.45, 7) is 3.24. The quantitative estimate of drug-likeness (QED) is 0.858. The van der Waals surface area contributed by atoms with Crippen LogP contribution in [-0.2, 0) is 11.3 Å². The van der Waals surface area contributed by atoms with Gasteiger partial charge in [0.05, 0.1) is 12.1 Å². The second-order valence-electron chi connectivity index (χ2n) is 3.73. The number of carbonyl (C=O) groups excluding carboxylic acids is 1. The number of aryl methyl sites for hydroxylation is 1. The Hall–Kier alpha value is -2.04. The Balaban J connectivity index is 2.66. The third kappa shape index (κ3) is 1.60. The highest BCUT2D eigenvalue weighted by atomic mass is 16.4. The van der Waals surface area contributed by atoms with Crippen LogP contribution >= 0.6 is 0 Å². The lowest BCUT2D eigenvalue weighted by Gasteiger charge is -2.03. The van der Waals surface area contributed by atoms with Crippen LogP contribution in [0.3, 0.4) is 0 Å². The molecule has 0 aliphatic rings. The minimum atomic E-state index is -1.06. The van der Waals surface area contributed by atoms with Crippen molar-refractivity contribution in [3.63, 3.8) is 0 Å². The smallest absolute Gasteiger partial charge is 0.352 e. The van der Waals surface area contributed by atoms with E-state index < -0.39 is 5.97 Å². The number of fused-ring (bicyclic) bond motifs is 1. The predicted octanol–water partition coefficient (Wildman–Crippen LogP) is 1.83. The average molecular weight is 221 g/mol. The van der Waals surface area contributed by atoms with E-state index in [1.807, 2.05) is 0 Å². The van der Waals surface area contributed by atoms with Gasteiger partial charge in [-0.1, -0.05) is 0 Å². The van der Waals surface area contributed by atoms with E-state index in [1.165, 1.54) is 17.6 Å². The van der Waals surface area contributed by atoms with Gasteiger partial charge in [0.15, 0.2) is 5.58 Å². The zero-order chi connectivity index (χ0) is 11.9. The second-order valence-corrected chi connectivity index (χ2v) is 3.73. The number of Topliss-reactive ketones (excluding diaryl/α,β-unsaturated/α-hetero) is 1. The van der Waals surface area contributed by atoms with Gasteiger partial charge in [0.1, 0.15) is 17.2 Å². The van der Waals surface area contributed by atoms with E-state index in [4.69, 9.17) is 9.52 Å². The predicted molar refractivity (Wildman–Crippen MR) is 56.6 cm³/mol. The molecule has 2 aromatic rings. The summed E-state index contributed by atoms with van der Waals surface area (Å²) >= 11 is 0. The number of aromatic nitrogens is 1. The minimum absolute atomic E-state index is 0.0457. The molecule has 0 bridgehead atoms. The maximum Gasteiger partial charge on any atom is 0.352 e. The van der Waals surface area contributed by atoms with Crippen LogP contribution < -0.4 is 0 Å². The zero-order valence-corrected chi connectivity index (χ0v) is 8.98. The van der Waals surface area contributed by atoms with Crippen LogP contribution in [0.25, 0.3) is 11.1 Å². The standard InChI is InChI=1S/C11H11NO4/c1-6(13)5-12-8-3-7(2)16-10(8)4-9(12)11(14)15/h3-4H,5H2,1-2H3,(H,14,15). The van der Waals surface area contributed by atoms with Crippen molar-refractivity contribution in [1.29, 1.82) is 0 Å². The van der Waals surface area contributed by atoms with Crippen molar-refractivity contribution in [3.8, 4) is 0 Å². The summed E-state index contributed by atoms with van der Waals surface area (Å²) in [4.78, 5) is 22.1. The van der Waals surface area contributed by atoms with E-state index in [2.05, 4.69) is 0 Å². The molecule has 0 spiro atoms. The Morgan fingerprint density at radius 1 is 1.44 bits per heavy atom. The fourth-order valence-corrected chi connectivity index (χ4v) is 1.74. The van der Waals surface area contributed by atoms with Gasteiger partial charge >= 0.3 is 5.97 Å². The van der Waals surface area contributed by atoms with Crippen LogP contribution in [0.5, 0.6) is 0 Å². The van der Waals surface area contributed by atoms with E-state index in [9.17, 15) is 9.59 Å². The third-order valence-electron chi connectivity index (χ3n) is 2.31. The molecule has 0 fully saturated rings. The number of ketones is 1. The Kier molecular flexibility index (Phi) is 2.30. The number of nitrogens with zero attached hydrogens (tertiary/aromatic N) is 1. The normalized spacial score (nSPS) is 10.9. The number of hydrogen-bond donors (Lipinski definition) is 1. The van der Waals surface area contributed by atoms with Gasteiger partial charge in [-0.3, -0.25) is 4.79 Å². The highest BCUT2D eigenvalue weighted by molar-refractivity contribution is 5.94. The van der Waals surface area contributed by atoms with Gasteiger partial charge in [0, 0.05) is 12.1 Å². The van der Waals surface area contributed by atoms with Crippen LogP contribution in [0.2, 0.25) is 0 Å². The van der Waals surface area contributed by atoms with E-state index in [0.29, 0.717) is 16.9 Å². The zero-order valence-electron chi connectivity index (χ0n) is 8.98. The number of carbonyl (C=O) groups is 2. The first-order valence-corrected chi connectivity index (χ1v) is 4.81. The van der Waals surface area contributed by atoms with Crippen molar-refractivity contribution in [2.45, 2.75) is 20.4 Å². The van der Waals surface area contributed by atoms with Gasteiger partial charge in [0.2, 0.25) is 0 Å². The van der Waals surface area contributed by atoms with Gasteiger partial charge in [-0.15, -0.1) is 0 Å². The van der Waals surface area contributed by atoms with Crippen molar-refractivity contribution in [1.82, 2.24) is 4.57 Å². The van der Waals surface area contributed by atoms with Crippen LogP contribution in [0.1, 0.15) is 23.2 Å². The topological polar surface area (TPSA) is 72.4 Å². The molecule has 0 amide bonds. The average Bonchev–Trinajstić information content (AvgIpc) is 2.63. The van der Waals surface area contributed by atoms with E-state index in [0.717, 1.165) is 0 Å². The molecule has 0 aromatic carbocycles. The molecule has 0 atom stereocenters. The largest absolute Gasteiger partial charge is 0.477 e. The molecule has 5 heteroatoms. The monoisotopic (exact) mass is 221 g/mol. The van der Waals surface area contributed by atoms with Gasteiger partial charge in [-0.05, 0) is 13.8 Å². The lowest BCUT2D eigenvalue weighted by atomic mass is 10.4. The molecule has 0 aliphatic carbocycles. The summed E-state index contributed by atoms with van der Waals surface area (Å²) in [5.41, 5.74) is 1.21. The minimum Gasteiger partial charge on any atom is -0.477 e. The van der Waals surface area contributed by atoms with E-state index in [-0.39, 0.29) is 18.0 Å². The number of rotatable bonds is 3. The van der Waals surface area contributed by atoms with Gasteiger partial charge in [0.25, 0.3) is 0 Å². The molecule has 0 unspecified atom stereocenters. The highest BCUT2D eigenvalue weighted by Gasteiger charge is 2.18. The first-order valence-electron chi connectivity index (χ1n) is 4.81. The van der Waals surface area contributed by atoms with Gasteiger partial charge < -0.3 is 14.1 Å². The summed E-state index contributed by atoms with van der Waals surface area (Å²) in [6, 6.07) is 3.16. The summed E-state index contributed by atoms with van der Waals surface area (Å²) in [7, 11) is 0. The molecular formula is C11H11NO4. The Labute approximate surface area is 91.3 Å².